The molecule has 0 aromatic rings. The zero-order chi connectivity index (χ0) is 13.5. The van der Waals surface area contributed by atoms with E-state index in [0.29, 0.717) is 24.5 Å². The zero-order valence-electron chi connectivity index (χ0n) is 12.3. The van der Waals surface area contributed by atoms with E-state index < -0.39 is 0 Å². The van der Waals surface area contributed by atoms with Crippen LogP contribution in [0.1, 0.15) is 47.0 Å². The van der Waals surface area contributed by atoms with Gasteiger partial charge in [0.25, 0.3) is 0 Å². The van der Waals surface area contributed by atoms with Crippen LogP contribution in [0.15, 0.2) is 0 Å². The van der Waals surface area contributed by atoms with Crippen molar-refractivity contribution in [2.45, 2.75) is 65.1 Å². The Morgan fingerprint density at radius 1 is 1.33 bits per heavy atom. The quantitative estimate of drug-likeness (QED) is 0.753. The standard InChI is InChI=1S/C14H29N3O/c1-11(2)17(12(3)4)9-8-15-13-6-5-7-16-14(18)10-13/h11-13,15H,5-10H2,1-4H3,(H,16,18). The number of rotatable bonds is 6. The van der Waals surface area contributed by atoms with Crippen LogP contribution >= 0.6 is 0 Å². The second-order valence-electron chi connectivity index (χ2n) is 5.77. The molecule has 0 spiro atoms. The lowest BCUT2D eigenvalue weighted by atomic mass is 10.1. The van der Waals surface area contributed by atoms with Gasteiger partial charge in [0, 0.05) is 44.2 Å². The van der Waals surface area contributed by atoms with Crippen LogP contribution in [0.5, 0.6) is 0 Å². The van der Waals surface area contributed by atoms with Crippen LogP contribution in [0.4, 0.5) is 0 Å². The molecule has 18 heavy (non-hydrogen) atoms. The summed E-state index contributed by atoms with van der Waals surface area (Å²) in [5.74, 6) is 0.189. The third-order valence-electron chi connectivity index (χ3n) is 3.61. The highest BCUT2D eigenvalue weighted by Crippen LogP contribution is 2.07. The highest BCUT2D eigenvalue weighted by atomic mass is 16.1. The second-order valence-corrected chi connectivity index (χ2v) is 5.77. The number of hydrogen-bond donors (Lipinski definition) is 2. The van der Waals surface area contributed by atoms with Gasteiger partial charge in [-0.15, -0.1) is 0 Å². The molecule has 0 aliphatic carbocycles. The molecular weight excluding hydrogens is 226 g/mol. The monoisotopic (exact) mass is 255 g/mol. The van der Waals surface area contributed by atoms with Gasteiger partial charge in [-0.05, 0) is 40.5 Å². The minimum absolute atomic E-state index is 0.189. The number of nitrogens with zero attached hydrogens (tertiary/aromatic N) is 1. The summed E-state index contributed by atoms with van der Waals surface area (Å²) < 4.78 is 0. The van der Waals surface area contributed by atoms with Gasteiger partial charge in [-0.1, -0.05) is 0 Å². The smallest absolute Gasteiger partial charge is 0.221 e. The summed E-state index contributed by atoms with van der Waals surface area (Å²) in [6, 6.07) is 1.50. The largest absolute Gasteiger partial charge is 0.356 e. The normalized spacial score (nSPS) is 21.5. The van der Waals surface area contributed by atoms with E-state index >= 15 is 0 Å². The lowest BCUT2D eigenvalue weighted by molar-refractivity contribution is -0.121. The number of amides is 1. The summed E-state index contributed by atoms with van der Waals surface area (Å²) in [6.45, 7) is 11.8. The minimum atomic E-state index is 0.189. The molecule has 0 bridgehead atoms. The maximum Gasteiger partial charge on any atom is 0.221 e. The zero-order valence-corrected chi connectivity index (χ0v) is 12.3. The van der Waals surface area contributed by atoms with E-state index in [4.69, 9.17) is 0 Å². The molecule has 2 N–H and O–H groups in total. The number of carbonyl (C=O) groups is 1. The van der Waals surface area contributed by atoms with Crippen molar-refractivity contribution >= 4 is 5.91 Å². The fourth-order valence-electron chi connectivity index (χ4n) is 2.66. The Balaban J connectivity index is 2.29. The topological polar surface area (TPSA) is 44.4 Å². The highest BCUT2D eigenvalue weighted by molar-refractivity contribution is 5.76. The van der Waals surface area contributed by atoms with E-state index in [1.165, 1.54) is 0 Å². The van der Waals surface area contributed by atoms with E-state index in [1.54, 1.807) is 0 Å². The van der Waals surface area contributed by atoms with Crippen LogP contribution < -0.4 is 10.6 Å². The van der Waals surface area contributed by atoms with Crippen LogP contribution in [0.25, 0.3) is 0 Å². The maximum atomic E-state index is 11.4. The van der Waals surface area contributed by atoms with Gasteiger partial charge in [0.1, 0.15) is 0 Å². The summed E-state index contributed by atoms with van der Waals surface area (Å²) in [7, 11) is 0. The molecule has 1 saturated heterocycles. The molecule has 0 aromatic carbocycles. The molecule has 106 valence electrons. The van der Waals surface area contributed by atoms with Gasteiger partial charge in [-0.3, -0.25) is 9.69 Å². The van der Waals surface area contributed by atoms with Gasteiger partial charge in [0.2, 0.25) is 5.91 Å². The van der Waals surface area contributed by atoms with Crippen molar-refractivity contribution in [3.8, 4) is 0 Å². The minimum Gasteiger partial charge on any atom is -0.356 e. The number of carbonyl (C=O) groups excluding carboxylic acids is 1. The summed E-state index contributed by atoms with van der Waals surface area (Å²) in [5.41, 5.74) is 0. The van der Waals surface area contributed by atoms with Crippen LogP contribution in [0.2, 0.25) is 0 Å². The molecule has 0 saturated carbocycles. The van der Waals surface area contributed by atoms with Gasteiger partial charge >= 0.3 is 0 Å². The Kier molecular flexibility index (Phi) is 6.65. The molecule has 1 aliphatic rings. The third kappa shape index (κ3) is 5.36. The Hall–Kier alpha value is -0.610. The van der Waals surface area contributed by atoms with Crippen molar-refractivity contribution in [3.05, 3.63) is 0 Å². The molecule has 1 atom stereocenters. The molecule has 1 aliphatic heterocycles. The number of hydrogen-bond acceptors (Lipinski definition) is 3. The van der Waals surface area contributed by atoms with Gasteiger partial charge in [-0.25, -0.2) is 0 Å². The fourth-order valence-corrected chi connectivity index (χ4v) is 2.66. The first-order valence-electron chi connectivity index (χ1n) is 7.26. The first-order chi connectivity index (χ1) is 8.50. The van der Waals surface area contributed by atoms with E-state index in [2.05, 4.69) is 43.2 Å². The van der Waals surface area contributed by atoms with Crippen molar-refractivity contribution in [1.29, 1.82) is 0 Å². The first-order valence-corrected chi connectivity index (χ1v) is 7.26. The summed E-state index contributed by atoms with van der Waals surface area (Å²) in [4.78, 5) is 13.9. The van der Waals surface area contributed by atoms with Crippen LogP contribution in [-0.2, 0) is 4.79 Å². The SMILES string of the molecule is CC(C)N(CCNC1CCCNC(=O)C1)C(C)C. The molecule has 4 nitrogen and oxygen atoms in total. The summed E-state index contributed by atoms with van der Waals surface area (Å²) in [5, 5.41) is 6.45. The molecule has 0 aromatic heterocycles. The average Bonchev–Trinajstić information content (AvgIpc) is 2.48. The molecule has 1 rings (SSSR count). The van der Waals surface area contributed by atoms with Crippen molar-refractivity contribution in [1.82, 2.24) is 15.5 Å². The molecule has 1 unspecified atom stereocenters. The van der Waals surface area contributed by atoms with Crippen LogP contribution in [-0.4, -0.2) is 48.6 Å². The van der Waals surface area contributed by atoms with E-state index in [0.717, 1.165) is 32.5 Å². The molecule has 1 amide bonds. The maximum absolute atomic E-state index is 11.4. The van der Waals surface area contributed by atoms with E-state index in [-0.39, 0.29) is 5.91 Å². The third-order valence-corrected chi connectivity index (χ3v) is 3.61. The molecular formula is C14H29N3O. The predicted molar refractivity (Wildman–Crippen MR) is 75.6 cm³/mol. The molecule has 1 heterocycles. The first kappa shape index (κ1) is 15.4. The van der Waals surface area contributed by atoms with Crippen LogP contribution in [0, 0.1) is 0 Å². The highest BCUT2D eigenvalue weighted by Gasteiger charge is 2.18. The van der Waals surface area contributed by atoms with E-state index in [9.17, 15) is 4.79 Å². The van der Waals surface area contributed by atoms with Gasteiger partial charge in [-0.2, -0.15) is 0 Å². The number of nitrogens with one attached hydrogen (secondary N) is 2. The lowest BCUT2D eigenvalue weighted by Crippen LogP contribution is -2.43. The fraction of sp³-hybridized carbons (Fsp3) is 0.929. The van der Waals surface area contributed by atoms with Crippen molar-refractivity contribution in [2.24, 2.45) is 0 Å². The van der Waals surface area contributed by atoms with E-state index in [1.807, 2.05) is 0 Å². The predicted octanol–water partition coefficient (Wildman–Crippen LogP) is 1.36. The molecule has 1 fully saturated rings. The van der Waals surface area contributed by atoms with Crippen molar-refractivity contribution < 1.29 is 4.79 Å². The average molecular weight is 255 g/mol. The van der Waals surface area contributed by atoms with Crippen molar-refractivity contribution in [3.63, 3.8) is 0 Å². The van der Waals surface area contributed by atoms with Crippen molar-refractivity contribution in [2.75, 3.05) is 19.6 Å². The van der Waals surface area contributed by atoms with Crippen LogP contribution in [0.3, 0.4) is 0 Å². The molecule has 4 heteroatoms. The Morgan fingerprint density at radius 2 is 2.00 bits per heavy atom. The Labute approximate surface area is 111 Å². The van der Waals surface area contributed by atoms with Gasteiger partial charge in [0.15, 0.2) is 0 Å². The lowest BCUT2D eigenvalue weighted by Gasteiger charge is -2.31. The summed E-state index contributed by atoms with van der Waals surface area (Å²) >= 11 is 0. The Bertz CT molecular complexity index is 245. The van der Waals surface area contributed by atoms with Gasteiger partial charge < -0.3 is 10.6 Å². The second kappa shape index (κ2) is 7.74. The Morgan fingerprint density at radius 3 is 2.61 bits per heavy atom. The van der Waals surface area contributed by atoms with Gasteiger partial charge in [0.05, 0.1) is 0 Å². The molecule has 0 radical (unpaired) electrons. The summed E-state index contributed by atoms with van der Waals surface area (Å²) in [6.07, 6.45) is 2.81.